The molecular formula is C16H25ClN2. The Morgan fingerprint density at radius 3 is 2.63 bits per heavy atom. The molecule has 1 atom stereocenters. The zero-order valence-corrected chi connectivity index (χ0v) is 13.0. The van der Waals surface area contributed by atoms with E-state index in [1.165, 1.54) is 24.1 Å². The summed E-state index contributed by atoms with van der Waals surface area (Å²) in [6.07, 6.45) is 2.76. The fourth-order valence-corrected chi connectivity index (χ4v) is 2.79. The van der Waals surface area contributed by atoms with Crippen molar-refractivity contribution in [3.8, 4) is 0 Å². The summed E-state index contributed by atoms with van der Waals surface area (Å²) in [5, 5.41) is 4.30. The van der Waals surface area contributed by atoms with Gasteiger partial charge in [0.15, 0.2) is 0 Å². The number of nitrogens with zero attached hydrogens (tertiary/aromatic N) is 1. The summed E-state index contributed by atoms with van der Waals surface area (Å²) in [6.45, 7) is 9.66. The summed E-state index contributed by atoms with van der Waals surface area (Å²) < 4.78 is 0. The highest BCUT2D eigenvalue weighted by atomic mass is 35.5. The molecule has 1 aliphatic carbocycles. The summed E-state index contributed by atoms with van der Waals surface area (Å²) in [4.78, 5) is 2.40. The first kappa shape index (κ1) is 14.7. The lowest BCUT2D eigenvalue weighted by molar-refractivity contribution is 0.598. The molecule has 3 heteroatoms. The summed E-state index contributed by atoms with van der Waals surface area (Å²) in [6, 6.07) is 6.84. The van der Waals surface area contributed by atoms with Crippen molar-refractivity contribution in [1.29, 1.82) is 0 Å². The van der Waals surface area contributed by atoms with Crippen molar-refractivity contribution in [3.63, 3.8) is 0 Å². The van der Waals surface area contributed by atoms with Gasteiger partial charge in [-0.1, -0.05) is 24.6 Å². The van der Waals surface area contributed by atoms with Crippen LogP contribution in [-0.4, -0.2) is 19.6 Å². The predicted octanol–water partition coefficient (Wildman–Crippen LogP) is 4.25. The summed E-state index contributed by atoms with van der Waals surface area (Å²) in [5.74, 6) is 0.886. The summed E-state index contributed by atoms with van der Waals surface area (Å²) in [7, 11) is 0. The summed E-state index contributed by atoms with van der Waals surface area (Å²) >= 11 is 6.48. The van der Waals surface area contributed by atoms with Crippen LogP contribution in [-0.2, 0) is 0 Å². The minimum atomic E-state index is 0.357. The van der Waals surface area contributed by atoms with E-state index in [4.69, 9.17) is 11.6 Å². The highest BCUT2D eigenvalue weighted by molar-refractivity contribution is 6.33. The van der Waals surface area contributed by atoms with Crippen LogP contribution in [0.5, 0.6) is 0 Å². The molecule has 1 N–H and O–H groups in total. The van der Waals surface area contributed by atoms with Gasteiger partial charge >= 0.3 is 0 Å². The Morgan fingerprint density at radius 2 is 2.11 bits per heavy atom. The van der Waals surface area contributed by atoms with Gasteiger partial charge in [-0.25, -0.2) is 0 Å². The smallest absolute Gasteiger partial charge is 0.0642 e. The molecule has 1 fully saturated rings. The second kappa shape index (κ2) is 6.62. The Labute approximate surface area is 122 Å². The van der Waals surface area contributed by atoms with Gasteiger partial charge in [0, 0.05) is 19.1 Å². The Hall–Kier alpha value is -0.730. The lowest BCUT2D eigenvalue weighted by Gasteiger charge is -2.25. The lowest BCUT2D eigenvalue weighted by atomic mass is 10.1. The highest BCUT2D eigenvalue weighted by Gasteiger charge is 2.24. The Kier molecular flexibility index (Phi) is 5.12. The molecule has 1 saturated carbocycles. The molecule has 0 heterocycles. The van der Waals surface area contributed by atoms with Crippen LogP contribution in [0.1, 0.15) is 45.2 Å². The van der Waals surface area contributed by atoms with Crippen LogP contribution in [0.4, 0.5) is 5.69 Å². The fraction of sp³-hybridized carbons (Fsp3) is 0.625. The molecule has 0 radical (unpaired) electrons. The quantitative estimate of drug-likeness (QED) is 0.803. The number of nitrogens with one attached hydrogen (secondary N) is 1. The van der Waals surface area contributed by atoms with Gasteiger partial charge in [0.05, 0.1) is 10.7 Å². The van der Waals surface area contributed by atoms with E-state index in [9.17, 15) is 0 Å². The SMILES string of the molecule is CCNC(C)c1ccc(N(CC)CC2CC2)c(Cl)c1. The van der Waals surface area contributed by atoms with Crippen LogP contribution in [0.15, 0.2) is 18.2 Å². The average molecular weight is 281 g/mol. The van der Waals surface area contributed by atoms with Crippen molar-refractivity contribution in [2.75, 3.05) is 24.5 Å². The van der Waals surface area contributed by atoms with Gasteiger partial charge in [0.25, 0.3) is 0 Å². The molecule has 0 bridgehead atoms. The molecule has 1 aromatic rings. The Bertz CT molecular complexity index is 415. The Morgan fingerprint density at radius 1 is 1.37 bits per heavy atom. The third-order valence-electron chi connectivity index (χ3n) is 3.88. The molecular weight excluding hydrogens is 256 g/mol. The molecule has 0 aliphatic heterocycles. The van der Waals surface area contributed by atoms with E-state index in [2.05, 4.69) is 49.2 Å². The van der Waals surface area contributed by atoms with Gasteiger partial charge < -0.3 is 10.2 Å². The van der Waals surface area contributed by atoms with Crippen molar-refractivity contribution in [3.05, 3.63) is 28.8 Å². The van der Waals surface area contributed by atoms with E-state index in [1.807, 2.05) is 0 Å². The maximum absolute atomic E-state index is 6.48. The van der Waals surface area contributed by atoms with Crippen molar-refractivity contribution < 1.29 is 0 Å². The number of benzene rings is 1. The number of halogens is 1. The van der Waals surface area contributed by atoms with E-state index in [0.717, 1.165) is 30.6 Å². The number of hydrogen-bond donors (Lipinski definition) is 1. The monoisotopic (exact) mass is 280 g/mol. The van der Waals surface area contributed by atoms with E-state index in [-0.39, 0.29) is 0 Å². The van der Waals surface area contributed by atoms with Crippen molar-refractivity contribution in [2.45, 2.75) is 39.7 Å². The number of anilines is 1. The summed E-state index contributed by atoms with van der Waals surface area (Å²) in [5.41, 5.74) is 2.45. The van der Waals surface area contributed by atoms with Crippen LogP contribution >= 0.6 is 11.6 Å². The second-order valence-corrected chi connectivity index (χ2v) is 5.88. The van der Waals surface area contributed by atoms with Gasteiger partial charge in [-0.2, -0.15) is 0 Å². The zero-order chi connectivity index (χ0) is 13.8. The van der Waals surface area contributed by atoms with Gasteiger partial charge in [-0.3, -0.25) is 0 Å². The van der Waals surface area contributed by atoms with Crippen LogP contribution in [0.25, 0.3) is 0 Å². The van der Waals surface area contributed by atoms with E-state index < -0.39 is 0 Å². The zero-order valence-electron chi connectivity index (χ0n) is 12.2. The van der Waals surface area contributed by atoms with Crippen molar-refractivity contribution >= 4 is 17.3 Å². The standard InChI is InChI=1S/C16H25ClN2/c1-4-18-12(3)14-8-9-16(15(17)10-14)19(5-2)11-13-6-7-13/h8-10,12-13,18H,4-7,11H2,1-3H3. The van der Waals surface area contributed by atoms with Crippen molar-refractivity contribution in [1.82, 2.24) is 5.32 Å². The third kappa shape index (κ3) is 3.87. The van der Waals surface area contributed by atoms with E-state index >= 15 is 0 Å². The van der Waals surface area contributed by atoms with Crippen LogP contribution in [0.3, 0.4) is 0 Å². The maximum Gasteiger partial charge on any atom is 0.0642 e. The number of rotatable bonds is 7. The maximum atomic E-state index is 6.48. The molecule has 0 aromatic heterocycles. The molecule has 19 heavy (non-hydrogen) atoms. The lowest BCUT2D eigenvalue weighted by Crippen LogP contribution is -2.25. The minimum Gasteiger partial charge on any atom is -0.370 e. The molecule has 2 rings (SSSR count). The van der Waals surface area contributed by atoms with Gasteiger partial charge in [0.1, 0.15) is 0 Å². The third-order valence-corrected chi connectivity index (χ3v) is 4.18. The largest absolute Gasteiger partial charge is 0.370 e. The van der Waals surface area contributed by atoms with Crippen LogP contribution in [0.2, 0.25) is 5.02 Å². The molecule has 1 aliphatic rings. The molecule has 2 nitrogen and oxygen atoms in total. The molecule has 1 aromatic carbocycles. The first-order chi connectivity index (χ1) is 9.15. The highest BCUT2D eigenvalue weighted by Crippen LogP contribution is 2.34. The minimum absolute atomic E-state index is 0.357. The van der Waals surface area contributed by atoms with E-state index in [0.29, 0.717) is 6.04 Å². The van der Waals surface area contributed by atoms with Gasteiger partial charge in [0.2, 0.25) is 0 Å². The van der Waals surface area contributed by atoms with E-state index in [1.54, 1.807) is 0 Å². The van der Waals surface area contributed by atoms with Gasteiger partial charge in [-0.05, 0) is 56.8 Å². The predicted molar refractivity (Wildman–Crippen MR) is 84.2 cm³/mol. The van der Waals surface area contributed by atoms with Gasteiger partial charge in [-0.15, -0.1) is 0 Å². The normalized spacial score (nSPS) is 16.4. The first-order valence-corrected chi connectivity index (χ1v) is 7.81. The first-order valence-electron chi connectivity index (χ1n) is 7.43. The number of hydrogen-bond acceptors (Lipinski definition) is 2. The second-order valence-electron chi connectivity index (χ2n) is 5.47. The molecule has 0 saturated heterocycles. The molecule has 106 valence electrons. The fourth-order valence-electron chi connectivity index (χ4n) is 2.48. The van der Waals surface area contributed by atoms with Crippen molar-refractivity contribution in [2.24, 2.45) is 5.92 Å². The molecule has 0 amide bonds. The van der Waals surface area contributed by atoms with Crippen LogP contribution in [0, 0.1) is 5.92 Å². The Balaban J connectivity index is 2.12. The molecule has 0 spiro atoms. The topological polar surface area (TPSA) is 15.3 Å². The van der Waals surface area contributed by atoms with Crippen LogP contribution < -0.4 is 10.2 Å². The molecule has 1 unspecified atom stereocenters. The average Bonchev–Trinajstić information content (AvgIpc) is 3.20.